The second-order valence-electron chi connectivity index (χ2n) is 3.65. The molecule has 0 bridgehead atoms. The van der Waals surface area contributed by atoms with Crippen molar-refractivity contribution in [2.75, 3.05) is 13.7 Å². The van der Waals surface area contributed by atoms with E-state index >= 15 is 0 Å². The zero-order chi connectivity index (χ0) is 12.8. The van der Waals surface area contributed by atoms with Crippen LogP contribution in [-0.2, 0) is 4.79 Å². The van der Waals surface area contributed by atoms with Gasteiger partial charge in [-0.3, -0.25) is 4.79 Å². The van der Waals surface area contributed by atoms with Gasteiger partial charge in [0.15, 0.2) is 6.61 Å². The van der Waals surface area contributed by atoms with E-state index in [0.29, 0.717) is 17.0 Å². The first-order valence-electron chi connectivity index (χ1n) is 5.21. The van der Waals surface area contributed by atoms with Gasteiger partial charge in [0.2, 0.25) is 0 Å². The molecule has 0 spiro atoms. The van der Waals surface area contributed by atoms with Crippen LogP contribution in [-0.4, -0.2) is 30.5 Å². The molecule has 0 unspecified atom stereocenters. The van der Waals surface area contributed by atoms with Gasteiger partial charge in [0.1, 0.15) is 5.75 Å². The first kappa shape index (κ1) is 13.0. The van der Waals surface area contributed by atoms with E-state index < -0.39 is 0 Å². The third kappa shape index (κ3) is 3.48. The molecule has 0 saturated heterocycles. The molecule has 5 heteroatoms. The molecule has 0 saturated carbocycles. The van der Waals surface area contributed by atoms with E-state index in [1.165, 1.54) is 0 Å². The highest BCUT2D eigenvalue weighted by atomic mass is 16.5. The number of ether oxygens (including phenoxy) is 1. The lowest BCUT2D eigenvalue weighted by atomic mass is 10.1. The first-order chi connectivity index (χ1) is 8.08. The number of oxime groups is 1. The summed E-state index contributed by atoms with van der Waals surface area (Å²) in [5.74, 6) is 0.310. The van der Waals surface area contributed by atoms with E-state index in [4.69, 9.17) is 9.94 Å². The lowest BCUT2D eigenvalue weighted by molar-refractivity contribution is -0.122. The normalized spacial score (nSPS) is 11.1. The fraction of sp³-hybridized carbons (Fsp3) is 0.333. The third-order valence-corrected chi connectivity index (χ3v) is 2.31. The molecule has 0 aliphatic carbocycles. The summed E-state index contributed by atoms with van der Waals surface area (Å²) < 4.78 is 5.36. The number of aryl methyl sites for hydroxylation is 1. The van der Waals surface area contributed by atoms with Crippen LogP contribution in [0, 0.1) is 6.92 Å². The number of rotatable bonds is 4. The van der Waals surface area contributed by atoms with Gasteiger partial charge in [0.05, 0.1) is 5.71 Å². The maximum absolute atomic E-state index is 11.1. The van der Waals surface area contributed by atoms with E-state index in [-0.39, 0.29) is 12.5 Å². The summed E-state index contributed by atoms with van der Waals surface area (Å²) in [6.45, 7) is 3.53. The molecule has 1 rings (SSSR count). The van der Waals surface area contributed by atoms with Crippen molar-refractivity contribution in [2.45, 2.75) is 13.8 Å². The van der Waals surface area contributed by atoms with Crippen LogP contribution in [0.1, 0.15) is 18.1 Å². The molecular weight excluding hydrogens is 220 g/mol. The Balaban J connectivity index is 2.94. The number of nitrogens with one attached hydrogen (secondary N) is 1. The highest BCUT2D eigenvalue weighted by Crippen LogP contribution is 2.20. The predicted octanol–water partition coefficient (Wildman–Crippen LogP) is 1.32. The minimum atomic E-state index is -0.213. The largest absolute Gasteiger partial charge is 0.483 e. The highest BCUT2D eigenvalue weighted by molar-refractivity contribution is 6.01. The molecule has 5 nitrogen and oxygen atoms in total. The molecule has 0 fully saturated rings. The van der Waals surface area contributed by atoms with E-state index in [2.05, 4.69) is 10.5 Å². The minimum Gasteiger partial charge on any atom is -0.483 e. The summed E-state index contributed by atoms with van der Waals surface area (Å²) in [7, 11) is 1.54. The number of likely N-dealkylation sites (N-methyl/N-ethyl adjacent to an activating group) is 1. The van der Waals surface area contributed by atoms with Crippen molar-refractivity contribution in [3.05, 3.63) is 29.3 Å². The predicted molar refractivity (Wildman–Crippen MR) is 64.7 cm³/mol. The summed E-state index contributed by atoms with van der Waals surface area (Å²) in [5.41, 5.74) is 2.15. The van der Waals surface area contributed by atoms with Crippen molar-refractivity contribution in [2.24, 2.45) is 5.16 Å². The van der Waals surface area contributed by atoms with Gasteiger partial charge in [-0.05, 0) is 26.0 Å². The molecule has 1 amide bonds. The Morgan fingerprint density at radius 2 is 2.24 bits per heavy atom. The minimum absolute atomic E-state index is 0.0642. The molecule has 1 aromatic carbocycles. The molecular formula is C12H16N2O3. The van der Waals surface area contributed by atoms with Crippen LogP contribution in [0.2, 0.25) is 0 Å². The summed E-state index contributed by atoms with van der Waals surface area (Å²) in [5, 5.41) is 14.4. The number of hydrogen-bond acceptors (Lipinski definition) is 4. The standard InChI is InChI=1S/C12H16N2O3/c1-8-4-5-11(17-7-12(15)13-3)10(6-8)9(2)14-16/h4-6,16H,7H2,1-3H3,(H,13,15)/b14-9+. The first-order valence-corrected chi connectivity index (χ1v) is 5.21. The molecule has 0 atom stereocenters. The second-order valence-corrected chi connectivity index (χ2v) is 3.65. The molecule has 0 radical (unpaired) electrons. The molecule has 0 aliphatic heterocycles. The molecule has 2 N–H and O–H groups in total. The number of carbonyl (C=O) groups excluding carboxylic acids is 1. The Kier molecular flexibility index (Phi) is 4.51. The highest BCUT2D eigenvalue weighted by Gasteiger charge is 2.09. The van der Waals surface area contributed by atoms with Gasteiger partial charge in [-0.1, -0.05) is 16.8 Å². The van der Waals surface area contributed by atoms with Crippen LogP contribution in [0.15, 0.2) is 23.4 Å². The number of hydrogen-bond donors (Lipinski definition) is 2. The molecule has 0 aromatic heterocycles. The Labute approximate surface area is 100 Å². The fourth-order valence-corrected chi connectivity index (χ4v) is 1.32. The van der Waals surface area contributed by atoms with Crippen LogP contribution in [0.3, 0.4) is 0 Å². The van der Waals surface area contributed by atoms with Gasteiger partial charge in [-0.15, -0.1) is 0 Å². The molecule has 0 aliphatic rings. The van der Waals surface area contributed by atoms with Crippen molar-refractivity contribution >= 4 is 11.6 Å². The van der Waals surface area contributed by atoms with Crippen molar-refractivity contribution in [3.8, 4) is 5.75 Å². The summed E-state index contributed by atoms with van der Waals surface area (Å²) in [6, 6.07) is 5.46. The van der Waals surface area contributed by atoms with Gasteiger partial charge < -0.3 is 15.3 Å². The van der Waals surface area contributed by atoms with Crippen LogP contribution >= 0.6 is 0 Å². The van der Waals surface area contributed by atoms with Gasteiger partial charge in [0.25, 0.3) is 5.91 Å². The lowest BCUT2D eigenvalue weighted by Crippen LogP contribution is -2.25. The zero-order valence-corrected chi connectivity index (χ0v) is 10.2. The van der Waals surface area contributed by atoms with Crippen molar-refractivity contribution in [3.63, 3.8) is 0 Å². The third-order valence-electron chi connectivity index (χ3n) is 2.31. The lowest BCUT2D eigenvalue weighted by Gasteiger charge is -2.10. The Bertz CT molecular complexity index is 441. The summed E-state index contributed by atoms with van der Waals surface area (Å²) >= 11 is 0. The van der Waals surface area contributed by atoms with E-state index in [9.17, 15) is 4.79 Å². The van der Waals surface area contributed by atoms with Crippen molar-refractivity contribution in [1.82, 2.24) is 5.32 Å². The van der Waals surface area contributed by atoms with Gasteiger partial charge in [-0.25, -0.2) is 0 Å². The van der Waals surface area contributed by atoms with Gasteiger partial charge in [-0.2, -0.15) is 0 Å². The molecule has 0 heterocycles. The number of amides is 1. The Hall–Kier alpha value is -2.04. The average Bonchev–Trinajstić information content (AvgIpc) is 2.35. The van der Waals surface area contributed by atoms with Crippen LogP contribution < -0.4 is 10.1 Å². The van der Waals surface area contributed by atoms with E-state index in [0.717, 1.165) is 5.56 Å². The average molecular weight is 236 g/mol. The quantitative estimate of drug-likeness (QED) is 0.470. The number of carbonyl (C=O) groups is 1. The summed E-state index contributed by atoms with van der Waals surface area (Å²) in [6.07, 6.45) is 0. The Morgan fingerprint density at radius 1 is 1.53 bits per heavy atom. The summed E-state index contributed by atoms with van der Waals surface area (Å²) in [4.78, 5) is 11.1. The van der Waals surface area contributed by atoms with Crippen LogP contribution in [0.5, 0.6) is 5.75 Å². The maximum atomic E-state index is 11.1. The Morgan fingerprint density at radius 3 is 2.82 bits per heavy atom. The SMILES string of the molecule is CNC(=O)COc1ccc(C)cc1/C(C)=N/O. The van der Waals surface area contributed by atoms with Crippen LogP contribution in [0.4, 0.5) is 0 Å². The molecule has 17 heavy (non-hydrogen) atoms. The maximum Gasteiger partial charge on any atom is 0.257 e. The van der Waals surface area contributed by atoms with Gasteiger partial charge in [0, 0.05) is 12.6 Å². The second kappa shape index (κ2) is 5.89. The van der Waals surface area contributed by atoms with E-state index in [1.807, 2.05) is 19.1 Å². The smallest absolute Gasteiger partial charge is 0.257 e. The van der Waals surface area contributed by atoms with E-state index in [1.54, 1.807) is 20.0 Å². The molecule has 92 valence electrons. The topological polar surface area (TPSA) is 70.9 Å². The van der Waals surface area contributed by atoms with Crippen LogP contribution in [0.25, 0.3) is 0 Å². The molecule has 1 aromatic rings. The fourth-order valence-electron chi connectivity index (χ4n) is 1.32. The van der Waals surface area contributed by atoms with Crippen molar-refractivity contribution in [1.29, 1.82) is 0 Å². The number of nitrogens with zero attached hydrogens (tertiary/aromatic N) is 1. The van der Waals surface area contributed by atoms with Gasteiger partial charge >= 0.3 is 0 Å². The van der Waals surface area contributed by atoms with Crippen molar-refractivity contribution < 1.29 is 14.7 Å². The number of benzene rings is 1. The zero-order valence-electron chi connectivity index (χ0n) is 10.2. The monoisotopic (exact) mass is 236 g/mol.